The van der Waals surface area contributed by atoms with E-state index in [2.05, 4.69) is 81.5 Å². The van der Waals surface area contributed by atoms with Crippen molar-refractivity contribution >= 4 is 33.7 Å². The number of rotatable bonds is 14. The van der Waals surface area contributed by atoms with E-state index in [1.165, 1.54) is 15.8 Å². The number of unbranched alkanes of at least 4 members (excludes halogenated alkanes) is 3. The summed E-state index contributed by atoms with van der Waals surface area (Å²) in [6.45, 7) is 7.63. The Morgan fingerprint density at radius 2 is 1.32 bits per heavy atom. The Labute approximate surface area is 265 Å². The summed E-state index contributed by atoms with van der Waals surface area (Å²) >= 11 is 1.72. The molecular weight excluding hydrogens is 566 g/mol. The maximum atomic E-state index is 6.14. The Bertz CT molecular complexity index is 1710. The molecule has 0 aliphatic rings. The van der Waals surface area contributed by atoms with E-state index >= 15 is 0 Å². The lowest BCUT2D eigenvalue weighted by molar-refractivity contribution is 0.276. The maximum absolute atomic E-state index is 6.14. The molecule has 228 valence electrons. The third-order valence-corrected chi connectivity index (χ3v) is 8.87. The number of aryl methyl sites for hydroxylation is 2. The molecule has 4 aromatic carbocycles. The number of nitrogens with zero attached hydrogens (tertiary/aromatic N) is 1. The lowest BCUT2D eigenvalue weighted by atomic mass is 10.0. The number of para-hydroxylation sites is 1. The van der Waals surface area contributed by atoms with Gasteiger partial charge in [-0.2, -0.15) is 0 Å². The van der Waals surface area contributed by atoms with Gasteiger partial charge in [-0.05, 0) is 123 Å². The number of hydrogen-bond acceptors (Lipinski definition) is 6. The molecule has 1 aromatic heterocycles. The van der Waals surface area contributed by atoms with Crippen molar-refractivity contribution < 1.29 is 18.9 Å². The second-order valence-corrected chi connectivity index (χ2v) is 12.0. The smallest absolute Gasteiger partial charge is 0.161 e. The van der Waals surface area contributed by atoms with E-state index in [0.29, 0.717) is 13.2 Å². The van der Waals surface area contributed by atoms with E-state index in [1.807, 2.05) is 24.3 Å². The van der Waals surface area contributed by atoms with Gasteiger partial charge < -0.3 is 18.9 Å². The third-order valence-electron chi connectivity index (χ3n) is 7.79. The van der Waals surface area contributed by atoms with E-state index in [9.17, 15) is 0 Å². The van der Waals surface area contributed by atoms with Crippen molar-refractivity contribution in [3.8, 4) is 33.6 Å². The fourth-order valence-electron chi connectivity index (χ4n) is 5.13. The average molecular weight is 608 g/mol. The molecule has 0 saturated heterocycles. The highest BCUT2D eigenvalue weighted by molar-refractivity contribution is 7.21. The molecule has 5 aromatic rings. The molecule has 5 nitrogen and oxygen atoms in total. The highest BCUT2D eigenvalue weighted by atomic mass is 32.1. The Balaban J connectivity index is 1.05. The van der Waals surface area contributed by atoms with Crippen molar-refractivity contribution in [3.63, 3.8) is 0 Å². The van der Waals surface area contributed by atoms with Gasteiger partial charge in [-0.3, -0.25) is 0 Å². The average Bonchev–Trinajstić information content (AvgIpc) is 3.48. The van der Waals surface area contributed by atoms with Crippen molar-refractivity contribution in [2.24, 2.45) is 0 Å². The number of methoxy groups -OCH3 is 2. The fourth-order valence-corrected chi connectivity index (χ4v) is 6.09. The van der Waals surface area contributed by atoms with Gasteiger partial charge in [0.25, 0.3) is 0 Å². The Morgan fingerprint density at radius 1 is 0.636 bits per heavy atom. The van der Waals surface area contributed by atoms with Gasteiger partial charge in [0.2, 0.25) is 0 Å². The Morgan fingerprint density at radius 3 is 2.05 bits per heavy atom. The summed E-state index contributed by atoms with van der Waals surface area (Å²) in [5, 5.41) is 1.04. The molecular formula is C38H41NO4S. The van der Waals surface area contributed by atoms with Crippen LogP contribution in [0, 0.1) is 20.8 Å². The summed E-state index contributed by atoms with van der Waals surface area (Å²) in [5.74, 6) is 3.35. The van der Waals surface area contributed by atoms with Crippen LogP contribution in [0.5, 0.6) is 23.0 Å². The molecule has 0 radical (unpaired) electrons. The molecule has 0 saturated carbocycles. The topological polar surface area (TPSA) is 49.8 Å². The van der Waals surface area contributed by atoms with Crippen molar-refractivity contribution in [1.29, 1.82) is 0 Å². The third kappa shape index (κ3) is 7.80. The van der Waals surface area contributed by atoms with Crippen LogP contribution < -0.4 is 18.9 Å². The first kappa shape index (κ1) is 31.1. The Kier molecular flexibility index (Phi) is 10.6. The van der Waals surface area contributed by atoms with E-state index < -0.39 is 0 Å². The number of ether oxygens (including phenoxy) is 4. The largest absolute Gasteiger partial charge is 0.496 e. The predicted molar refractivity (Wildman–Crippen MR) is 184 cm³/mol. The van der Waals surface area contributed by atoms with Crippen molar-refractivity contribution in [1.82, 2.24) is 4.98 Å². The maximum Gasteiger partial charge on any atom is 0.161 e. The number of hydrogen-bond donors (Lipinski definition) is 0. The van der Waals surface area contributed by atoms with E-state index in [1.54, 1.807) is 25.6 Å². The lowest BCUT2D eigenvalue weighted by Gasteiger charge is -2.12. The van der Waals surface area contributed by atoms with Gasteiger partial charge in [-0.15, -0.1) is 11.3 Å². The standard InChI is InChI=1S/C38H41NO4S/c1-26-22-30(25-35(41-5)28(26)3)15-14-29-16-18-34(40-4)36(24-29)43-21-11-7-6-10-20-42-33-19-17-31(23-27(33)2)38-39-32-12-8-9-13-37(32)44-38/h8-9,12-19,22-25H,6-7,10-11,20-21H2,1-5H3/b15-14-. The van der Waals surface area contributed by atoms with E-state index in [-0.39, 0.29) is 0 Å². The van der Waals surface area contributed by atoms with Crippen LogP contribution in [0.1, 0.15) is 53.5 Å². The summed E-state index contributed by atoms with van der Waals surface area (Å²) in [7, 11) is 3.39. The van der Waals surface area contributed by atoms with Gasteiger partial charge in [0.1, 0.15) is 16.5 Å². The first-order valence-corrected chi connectivity index (χ1v) is 16.0. The zero-order valence-electron chi connectivity index (χ0n) is 26.3. The van der Waals surface area contributed by atoms with Crippen molar-refractivity contribution in [2.45, 2.75) is 46.5 Å². The first-order valence-electron chi connectivity index (χ1n) is 15.2. The zero-order valence-corrected chi connectivity index (χ0v) is 27.1. The minimum Gasteiger partial charge on any atom is -0.496 e. The minimum atomic E-state index is 0.644. The molecule has 1 heterocycles. The second-order valence-electron chi connectivity index (χ2n) is 11.0. The molecule has 44 heavy (non-hydrogen) atoms. The molecule has 0 aliphatic heterocycles. The van der Waals surface area contributed by atoms with Crippen molar-refractivity contribution in [2.75, 3.05) is 27.4 Å². The SMILES string of the molecule is COc1ccc(/C=C\c2cc(C)c(C)c(OC)c2)cc1OCCCCCCOc1ccc(-c2nc3ccccc3s2)cc1C. The molecule has 0 amide bonds. The second kappa shape index (κ2) is 14.9. The summed E-state index contributed by atoms with van der Waals surface area (Å²) in [6, 6.07) is 24.9. The highest BCUT2D eigenvalue weighted by Gasteiger charge is 2.09. The summed E-state index contributed by atoms with van der Waals surface area (Å²) < 4.78 is 24.5. The van der Waals surface area contributed by atoms with Crippen LogP contribution in [-0.4, -0.2) is 32.4 Å². The van der Waals surface area contributed by atoms with Crippen LogP contribution in [0.15, 0.2) is 72.8 Å². The molecule has 5 rings (SSSR count). The van der Waals surface area contributed by atoms with Crippen LogP contribution >= 0.6 is 11.3 Å². The highest BCUT2D eigenvalue weighted by Crippen LogP contribution is 2.33. The molecule has 0 bridgehead atoms. The summed E-state index contributed by atoms with van der Waals surface area (Å²) in [5.41, 5.74) is 7.85. The quantitative estimate of drug-likeness (QED) is 0.0929. The van der Waals surface area contributed by atoms with E-state index in [4.69, 9.17) is 23.9 Å². The number of thiazole rings is 1. The lowest BCUT2D eigenvalue weighted by Crippen LogP contribution is -2.01. The normalized spacial score (nSPS) is 11.3. The predicted octanol–water partition coefficient (Wildman–Crippen LogP) is 10.1. The first-order chi connectivity index (χ1) is 21.4. The number of benzene rings is 4. The van der Waals surface area contributed by atoms with Gasteiger partial charge in [0.05, 0.1) is 37.6 Å². The molecule has 0 N–H and O–H groups in total. The molecule has 6 heteroatoms. The summed E-state index contributed by atoms with van der Waals surface area (Å²) in [4.78, 5) is 4.78. The number of aromatic nitrogens is 1. The fraction of sp³-hybridized carbons (Fsp3) is 0.289. The molecule has 0 spiro atoms. The summed E-state index contributed by atoms with van der Waals surface area (Å²) in [6.07, 6.45) is 8.33. The van der Waals surface area contributed by atoms with Crippen LogP contribution in [0.4, 0.5) is 0 Å². The van der Waals surface area contributed by atoms with Crippen LogP contribution in [0.3, 0.4) is 0 Å². The van der Waals surface area contributed by atoms with Crippen LogP contribution in [0.25, 0.3) is 32.9 Å². The van der Waals surface area contributed by atoms with Crippen molar-refractivity contribution in [3.05, 3.63) is 101 Å². The van der Waals surface area contributed by atoms with Gasteiger partial charge in [0.15, 0.2) is 11.5 Å². The zero-order chi connectivity index (χ0) is 30.9. The van der Waals surface area contributed by atoms with Gasteiger partial charge in [-0.25, -0.2) is 4.98 Å². The van der Waals surface area contributed by atoms with Crippen LogP contribution in [-0.2, 0) is 0 Å². The molecule has 0 fully saturated rings. The molecule has 0 atom stereocenters. The van der Waals surface area contributed by atoms with Crippen LogP contribution in [0.2, 0.25) is 0 Å². The van der Waals surface area contributed by atoms with Gasteiger partial charge in [0, 0.05) is 5.56 Å². The number of fused-ring (bicyclic) bond motifs is 1. The van der Waals surface area contributed by atoms with Gasteiger partial charge in [-0.1, -0.05) is 36.4 Å². The minimum absolute atomic E-state index is 0.644. The molecule has 0 unspecified atom stereocenters. The Hall–Kier alpha value is -4.29. The van der Waals surface area contributed by atoms with Gasteiger partial charge >= 0.3 is 0 Å². The van der Waals surface area contributed by atoms with E-state index in [0.717, 1.165) is 81.5 Å². The monoisotopic (exact) mass is 607 g/mol. The molecule has 0 aliphatic carbocycles.